The summed E-state index contributed by atoms with van der Waals surface area (Å²) >= 11 is 1.57. The zero-order chi connectivity index (χ0) is 10.6. The van der Waals surface area contributed by atoms with Crippen molar-refractivity contribution in [2.24, 2.45) is 5.73 Å². The predicted octanol–water partition coefficient (Wildman–Crippen LogP) is 2.55. The maximum atomic E-state index is 12.7. The van der Waals surface area contributed by atoms with Crippen LogP contribution in [0.5, 0.6) is 0 Å². The molecule has 0 amide bonds. The third kappa shape index (κ3) is 4.07. The molecule has 1 atom stereocenters. The predicted molar refractivity (Wildman–Crippen MR) is 56.2 cm³/mol. The Morgan fingerprint density at radius 2 is 1.86 bits per heavy atom. The lowest BCUT2D eigenvalue weighted by Gasteiger charge is -2.05. The monoisotopic (exact) mass is 217 g/mol. The first-order chi connectivity index (χ1) is 6.58. The topological polar surface area (TPSA) is 26.0 Å². The Morgan fingerprint density at radius 3 is 2.36 bits per heavy atom. The van der Waals surface area contributed by atoms with Crippen LogP contribution in [0.3, 0.4) is 0 Å². The lowest BCUT2D eigenvalue weighted by molar-refractivity contribution is 0.581. The molecule has 1 unspecified atom stereocenters. The van der Waals surface area contributed by atoms with Crippen molar-refractivity contribution in [3.05, 3.63) is 35.4 Å². The minimum atomic E-state index is -0.526. The molecule has 0 aromatic heterocycles. The van der Waals surface area contributed by atoms with Crippen LogP contribution in [0, 0.1) is 11.6 Å². The van der Waals surface area contributed by atoms with E-state index in [0.29, 0.717) is 11.3 Å². The van der Waals surface area contributed by atoms with E-state index >= 15 is 0 Å². The molecule has 14 heavy (non-hydrogen) atoms. The molecular formula is C10H13F2NS. The van der Waals surface area contributed by atoms with Crippen LogP contribution in [0.1, 0.15) is 12.5 Å². The normalized spacial score (nSPS) is 12.9. The van der Waals surface area contributed by atoms with Crippen molar-refractivity contribution in [1.29, 1.82) is 0 Å². The number of hydrogen-bond donors (Lipinski definition) is 1. The van der Waals surface area contributed by atoms with E-state index in [-0.39, 0.29) is 6.04 Å². The Morgan fingerprint density at radius 1 is 1.29 bits per heavy atom. The summed E-state index contributed by atoms with van der Waals surface area (Å²) < 4.78 is 25.5. The molecule has 0 radical (unpaired) electrons. The Balaban J connectivity index is 2.50. The number of nitrogens with two attached hydrogens (primary N) is 1. The van der Waals surface area contributed by atoms with E-state index in [1.54, 1.807) is 11.8 Å². The van der Waals surface area contributed by atoms with Crippen LogP contribution in [0.15, 0.2) is 18.2 Å². The second-order valence-corrected chi connectivity index (χ2v) is 4.30. The van der Waals surface area contributed by atoms with Gasteiger partial charge in [0.15, 0.2) is 0 Å². The molecule has 0 saturated carbocycles. The van der Waals surface area contributed by atoms with Gasteiger partial charge in [0, 0.05) is 23.6 Å². The van der Waals surface area contributed by atoms with E-state index in [0.717, 1.165) is 11.8 Å². The first-order valence-electron chi connectivity index (χ1n) is 4.36. The van der Waals surface area contributed by atoms with Gasteiger partial charge in [0.25, 0.3) is 0 Å². The molecule has 1 aromatic rings. The van der Waals surface area contributed by atoms with Gasteiger partial charge in [0.05, 0.1) is 0 Å². The van der Waals surface area contributed by atoms with Crippen LogP contribution >= 0.6 is 11.8 Å². The quantitative estimate of drug-likeness (QED) is 0.838. The Kier molecular flexibility index (Phi) is 4.35. The first kappa shape index (κ1) is 11.5. The van der Waals surface area contributed by atoms with Gasteiger partial charge >= 0.3 is 0 Å². The van der Waals surface area contributed by atoms with Crippen LogP contribution in [0.25, 0.3) is 0 Å². The minimum absolute atomic E-state index is 0.110. The minimum Gasteiger partial charge on any atom is -0.327 e. The van der Waals surface area contributed by atoms with Crippen LogP contribution in [0.4, 0.5) is 8.78 Å². The lowest BCUT2D eigenvalue weighted by atomic mass is 10.2. The highest BCUT2D eigenvalue weighted by Gasteiger charge is 2.01. The molecule has 1 nitrogen and oxygen atoms in total. The standard InChI is InChI=1S/C10H13F2NS/c1-7(13)5-14-6-8-2-9(11)4-10(12)3-8/h2-4,7H,5-6,13H2,1H3. The molecule has 4 heteroatoms. The van der Waals surface area contributed by atoms with E-state index in [1.165, 1.54) is 12.1 Å². The molecule has 1 rings (SSSR count). The highest BCUT2D eigenvalue weighted by atomic mass is 32.2. The van der Waals surface area contributed by atoms with Gasteiger partial charge in [-0.3, -0.25) is 0 Å². The van der Waals surface area contributed by atoms with Gasteiger partial charge in [0.2, 0.25) is 0 Å². The van der Waals surface area contributed by atoms with Crippen LogP contribution in [0.2, 0.25) is 0 Å². The molecule has 2 N–H and O–H groups in total. The van der Waals surface area contributed by atoms with Crippen LogP contribution in [-0.4, -0.2) is 11.8 Å². The Hall–Kier alpha value is -0.610. The molecule has 0 aliphatic heterocycles. The van der Waals surface area contributed by atoms with Gasteiger partial charge in [-0.15, -0.1) is 0 Å². The molecule has 0 saturated heterocycles. The third-order valence-corrected chi connectivity index (χ3v) is 2.87. The zero-order valence-corrected chi connectivity index (χ0v) is 8.78. The second-order valence-electron chi connectivity index (χ2n) is 3.27. The molecule has 78 valence electrons. The van der Waals surface area contributed by atoms with E-state index in [2.05, 4.69) is 0 Å². The van der Waals surface area contributed by atoms with Gasteiger partial charge in [-0.1, -0.05) is 0 Å². The molecule has 0 aliphatic carbocycles. The van der Waals surface area contributed by atoms with Crippen LogP contribution < -0.4 is 5.73 Å². The van der Waals surface area contributed by atoms with Gasteiger partial charge in [-0.2, -0.15) is 11.8 Å². The summed E-state index contributed by atoms with van der Waals surface area (Å²) in [6, 6.07) is 3.67. The van der Waals surface area contributed by atoms with Gasteiger partial charge < -0.3 is 5.73 Å². The number of halogens is 2. The largest absolute Gasteiger partial charge is 0.327 e. The first-order valence-corrected chi connectivity index (χ1v) is 5.51. The average molecular weight is 217 g/mol. The van der Waals surface area contributed by atoms with Crippen molar-refractivity contribution in [3.8, 4) is 0 Å². The fourth-order valence-electron chi connectivity index (χ4n) is 1.06. The average Bonchev–Trinajstić information content (AvgIpc) is 2.01. The van der Waals surface area contributed by atoms with Crippen molar-refractivity contribution in [2.75, 3.05) is 5.75 Å². The third-order valence-electron chi connectivity index (χ3n) is 1.57. The zero-order valence-electron chi connectivity index (χ0n) is 7.97. The molecule has 0 bridgehead atoms. The van der Waals surface area contributed by atoms with Crippen molar-refractivity contribution < 1.29 is 8.78 Å². The number of hydrogen-bond acceptors (Lipinski definition) is 2. The molecule has 0 spiro atoms. The lowest BCUT2D eigenvalue weighted by Crippen LogP contribution is -2.17. The Labute approximate surface area is 86.7 Å². The van der Waals surface area contributed by atoms with E-state index < -0.39 is 11.6 Å². The van der Waals surface area contributed by atoms with Crippen LogP contribution in [-0.2, 0) is 5.75 Å². The van der Waals surface area contributed by atoms with Crippen molar-refractivity contribution >= 4 is 11.8 Å². The maximum absolute atomic E-state index is 12.7. The number of benzene rings is 1. The van der Waals surface area contributed by atoms with Crippen molar-refractivity contribution in [2.45, 2.75) is 18.7 Å². The Bertz CT molecular complexity index is 282. The summed E-state index contributed by atoms with van der Waals surface area (Å²) in [7, 11) is 0. The molecule has 1 aromatic carbocycles. The molecule has 0 aliphatic rings. The number of thioether (sulfide) groups is 1. The van der Waals surface area contributed by atoms with Gasteiger partial charge in [-0.25, -0.2) is 8.78 Å². The van der Waals surface area contributed by atoms with E-state index in [4.69, 9.17) is 5.73 Å². The maximum Gasteiger partial charge on any atom is 0.126 e. The number of rotatable bonds is 4. The van der Waals surface area contributed by atoms with Gasteiger partial charge in [-0.05, 0) is 24.6 Å². The van der Waals surface area contributed by atoms with Crippen molar-refractivity contribution in [3.63, 3.8) is 0 Å². The SMILES string of the molecule is CC(N)CSCc1cc(F)cc(F)c1. The summed E-state index contributed by atoms with van der Waals surface area (Å²) in [6.07, 6.45) is 0. The smallest absolute Gasteiger partial charge is 0.126 e. The summed E-state index contributed by atoms with van der Waals surface area (Å²) in [4.78, 5) is 0. The van der Waals surface area contributed by atoms with E-state index in [1.807, 2.05) is 6.92 Å². The molecule has 0 heterocycles. The van der Waals surface area contributed by atoms with Gasteiger partial charge in [0.1, 0.15) is 11.6 Å². The van der Waals surface area contributed by atoms with E-state index in [9.17, 15) is 8.78 Å². The second kappa shape index (κ2) is 5.32. The molecular weight excluding hydrogens is 204 g/mol. The van der Waals surface area contributed by atoms with Crippen molar-refractivity contribution in [1.82, 2.24) is 0 Å². The highest BCUT2D eigenvalue weighted by molar-refractivity contribution is 7.98. The highest BCUT2D eigenvalue weighted by Crippen LogP contribution is 2.15. The fourth-order valence-corrected chi connectivity index (χ4v) is 1.95. The molecule has 0 fully saturated rings. The summed E-state index contributed by atoms with van der Waals surface area (Å²) in [5.41, 5.74) is 6.21. The summed E-state index contributed by atoms with van der Waals surface area (Å²) in [6.45, 7) is 1.90. The summed E-state index contributed by atoms with van der Waals surface area (Å²) in [5, 5.41) is 0. The summed E-state index contributed by atoms with van der Waals surface area (Å²) in [5.74, 6) is 0.330. The fraction of sp³-hybridized carbons (Fsp3) is 0.400.